The molecule has 1 saturated heterocycles. The van der Waals surface area contributed by atoms with Crippen molar-refractivity contribution in [1.29, 1.82) is 0 Å². The summed E-state index contributed by atoms with van der Waals surface area (Å²) in [6, 6.07) is 12.6. The second kappa shape index (κ2) is 8.73. The van der Waals surface area contributed by atoms with E-state index in [0.29, 0.717) is 13.1 Å². The summed E-state index contributed by atoms with van der Waals surface area (Å²) in [6.45, 7) is 1.05. The van der Waals surface area contributed by atoms with E-state index in [1.54, 1.807) is 0 Å². The molecule has 7 heteroatoms. The van der Waals surface area contributed by atoms with E-state index in [9.17, 15) is 18.4 Å². The zero-order chi connectivity index (χ0) is 19.2. The maximum Gasteiger partial charge on any atom is 0.238 e. The van der Waals surface area contributed by atoms with Crippen LogP contribution in [-0.2, 0) is 9.59 Å². The van der Waals surface area contributed by atoms with Crippen molar-refractivity contribution in [2.45, 2.75) is 12.8 Å². The van der Waals surface area contributed by atoms with Gasteiger partial charge < -0.3 is 10.6 Å². The van der Waals surface area contributed by atoms with Gasteiger partial charge in [0.15, 0.2) is 0 Å². The molecule has 1 aliphatic heterocycles. The average molecular weight is 373 g/mol. The Hall–Kier alpha value is -2.80. The molecule has 0 spiro atoms. The van der Waals surface area contributed by atoms with Crippen LogP contribution in [0.4, 0.5) is 20.2 Å². The number of likely N-dealkylation sites (tertiary alicyclic amines) is 1. The van der Waals surface area contributed by atoms with Gasteiger partial charge in [-0.3, -0.25) is 14.5 Å². The monoisotopic (exact) mass is 373 g/mol. The lowest BCUT2D eigenvalue weighted by Crippen LogP contribution is -2.44. The molecule has 3 rings (SSSR count). The van der Waals surface area contributed by atoms with Crippen molar-refractivity contribution in [2.24, 2.45) is 5.92 Å². The Balaban J connectivity index is 1.55. The molecule has 1 fully saturated rings. The zero-order valence-corrected chi connectivity index (χ0v) is 14.8. The Kier molecular flexibility index (Phi) is 6.13. The first-order valence-electron chi connectivity index (χ1n) is 8.85. The van der Waals surface area contributed by atoms with Gasteiger partial charge in [-0.25, -0.2) is 8.78 Å². The average Bonchev–Trinajstić information content (AvgIpc) is 2.66. The molecule has 1 atom stereocenters. The fourth-order valence-electron chi connectivity index (χ4n) is 3.18. The fourth-order valence-corrected chi connectivity index (χ4v) is 3.18. The Morgan fingerprint density at radius 3 is 2.41 bits per heavy atom. The number of halogens is 2. The second-order valence-corrected chi connectivity index (χ2v) is 6.57. The van der Waals surface area contributed by atoms with E-state index >= 15 is 0 Å². The van der Waals surface area contributed by atoms with Crippen molar-refractivity contribution < 1.29 is 18.4 Å². The van der Waals surface area contributed by atoms with Gasteiger partial charge in [0.25, 0.3) is 0 Å². The van der Waals surface area contributed by atoms with Gasteiger partial charge in [-0.1, -0.05) is 24.3 Å². The van der Waals surface area contributed by atoms with Crippen LogP contribution >= 0.6 is 0 Å². The minimum Gasteiger partial charge on any atom is -0.326 e. The van der Waals surface area contributed by atoms with Gasteiger partial charge in [-0.2, -0.15) is 0 Å². The Morgan fingerprint density at radius 2 is 1.70 bits per heavy atom. The summed E-state index contributed by atoms with van der Waals surface area (Å²) in [6.07, 6.45) is 1.51. The predicted octanol–water partition coefficient (Wildman–Crippen LogP) is 3.25. The topological polar surface area (TPSA) is 61.4 Å². The Labute approximate surface area is 156 Å². The third kappa shape index (κ3) is 5.10. The van der Waals surface area contributed by atoms with Gasteiger partial charge in [-0.05, 0) is 43.7 Å². The SMILES string of the molecule is O=C(CN1CCCC(C(=O)Nc2ccccc2)C1)Nc1c(F)cccc1F. The molecule has 1 aliphatic rings. The van der Waals surface area contributed by atoms with Crippen LogP contribution in [0.1, 0.15) is 12.8 Å². The van der Waals surface area contributed by atoms with Crippen LogP contribution in [0.5, 0.6) is 0 Å². The van der Waals surface area contributed by atoms with Gasteiger partial charge in [0.1, 0.15) is 17.3 Å². The molecular formula is C20H21F2N3O2. The number of hydrogen-bond donors (Lipinski definition) is 2. The fraction of sp³-hybridized carbons (Fsp3) is 0.300. The van der Waals surface area contributed by atoms with Crippen LogP contribution < -0.4 is 10.6 Å². The van der Waals surface area contributed by atoms with E-state index in [2.05, 4.69) is 10.6 Å². The molecule has 0 bridgehead atoms. The van der Waals surface area contributed by atoms with Crippen LogP contribution in [0.15, 0.2) is 48.5 Å². The van der Waals surface area contributed by atoms with E-state index in [-0.39, 0.29) is 18.4 Å². The number of nitrogens with one attached hydrogen (secondary N) is 2. The first-order chi connectivity index (χ1) is 13.0. The van der Waals surface area contributed by atoms with E-state index in [1.165, 1.54) is 6.07 Å². The largest absolute Gasteiger partial charge is 0.326 e. The molecule has 0 saturated carbocycles. The highest BCUT2D eigenvalue weighted by Crippen LogP contribution is 2.20. The molecule has 1 heterocycles. The molecule has 2 aromatic carbocycles. The van der Waals surface area contributed by atoms with E-state index in [1.807, 2.05) is 35.2 Å². The van der Waals surface area contributed by atoms with Crippen molar-refractivity contribution in [3.05, 3.63) is 60.2 Å². The number of amides is 2. The minimum absolute atomic E-state index is 0.0249. The summed E-state index contributed by atoms with van der Waals surface area (Å²) >= 11 is 0. The summed E-state index contributed by atoms with van der Waals surface area (Å²) in [7, 11) is 0. The van der Waals surface area contributed by atoms with Crippen LogP contribution in [0, 0.1) is 17.6 Å². The molecule has 0 aliphatic carbocycles. The van der Waals surface area contributed by atoms with Crippen molar-refractivity contribution in [3.8, 4) is 0 Å². The smallest absolute Gasteiger partial charge is 0.238 e. The molecule has 5 nitrogen and oxygen atoms in total. The second-order valence-electron chi connectivity index (χ2n) is 6.57. The number of rotatable bonds is 5. The lowest BCUT2D eigenvalue weighted by atomic mass is 9.97. The van der Waals surface area contributed by atoms with Gasteiger partial charge >= 0.3 is 0 Å². The van der Waals surface area contributed by atoms with Gasteiger partial charge in [-0.15, -0.1) is 0 Å². The number of piperidine rings is 1. The number of hydrogen-bond acceptors (Lipinski definition) is 3. The molecule has 2 aromatic rings. The number of anilines is 2. The lowest BCUT2D eigenvalue weighted by molar-refractivity contribution is -0.123. The molecule has 142 valence electrons. The van der Waals surface area contributed by atoms with E-state index < -0.39 is 23.2 Å². The van der Waals surface area contributed by atoms with Crippen molar-refractivity contribution in [2.75, 3.05) is 30.3 Å². The molecule has 0 aromatic heterocycles. The van der Waals surface area contributed by atoms with Crippen molar-refractivity contribution in [3.63, 3.8) is 0 Å². The van der Waals surface area contributed by atoms with Crippen molar-refractivity contribution >= 4 is 23.2 Å². The van der Waals surface area contributed by atoms with Gasteiger partial charge in [0.2, 0.25) is 11.8 Å². The zero-order valence-electron chi connectivity index (χ0n) is 14.8. The number of benzene rings is 2. The van der Waals surface area contributed by atoms with E-state index in [0.717, 1.165) is 30.7 Å². The van der Waals surface area contributed by atoms with Gasteiger partial charge in [0, 0.05) is 12.2 Å². The summed E-state index contributed by atoms with van der Waals surface area (Å²) in [5, 5.41) is 5.15. The number of nitrogens with zero attached hydrogens (tertiary/aromatic N) is 1. The quantitative estimate of drug-likeness (QED) is 0.846. The van der Waals surface area contributed by atoms with Crippen LogP contribution in [0.2, 0.25) is 0 Å². The number of para-hydroxylation sites is 2. The van der Waals surface area contributed by atoms with Crippen molar-refractivity contribution in [1.82, 2.24) is 4.90 Å². The Bertz CT molecular complexity index is 794. The molecule has 27 heavy (non-hydrogen) atoms. The molecule has 0 radical (unpaired) electrons. The highest BCUT2D eigenvalue weighted by atomic mass is 19.1. The maximum absolute atomic E-state index is 13.6. The number of carbonyl (C=O) groups excluding carboxylic acids is 2. The van der Waals surface area contributed by atoms with Gasteiger partial charge in [0.05, 0.1) is 12.5 Å². The molecule has 2 amide bonds. The number of carbonyl (C=O) groups is 2. The van der Waals surface area contributed by atoms with Crippen LogP contribution in [0.3, 0.4) is 0 Å². The predicted molar refractivity (Wildman–Crippen MR) is 99.2 cm³/mol. The summed E-state index contributed by atoms with van der Waals surface area (Å²) < 4.78 is 27.3. The molecule has 1 unspecified atom stereocenters. The Morgan fingerprint density at radius 1 is 1.00 bits per heavy atom. The summed E-state index contributed by atoms with van der Waals surface area (Å²) in [5.41, 5.74) is 0.283. The first-order valence-corrected chi connectivity index (χ1v) is 8.85. The highest BCUT2D eigenvalue weighted by Gasteiger charge is 2.27. The maximum atomic E-state index is 13.6. The lowest BCUT2D eigenvalue weighted by Gasteiger charge is -2.31. The van der Waals surface area contributed by atoms with E-state index in [4.69, 9.17) is 0 Å². The minimum atomic E-state index is -0.817. The van der Waals surface area contributed by atoms with Crippen LogP contribution in [-0.4, -0.2) is 36.3 Å². The first kappa shape index (κ1) is 19.0. The summed E-state index contributed by atoms with van der Waals surface area (Å²) in [4.78, 5) is 26.4. The molecular weight excluding hydrogens is 352 g/mol. The normalized spacial score (nSPS) is 17.3. The third-order valence-corrected chi connectivity index (χ3v) is 4.51. The van der Waals surface area contributed by atoms with Crippen LogP contribution in [0.25, 0.3) is 0 Å². The molecule has 2 N–H and O–H groups in total. The summed E-state index contributed by atoms with van der Waals surface area (Å²) in [5.74, 6) is -2.48. The third-order valence-electron chi connectivity index (χ3n) is 4.51. The standard InChI is InChI=1S/C20H21F2N3O2/c21-16-9-4-10-17(22)19(16)24-18(26)13-25-11-5-6-14(12-25)20(27)23-15-7-2-1-3-8-15/h1-4,7-10,14H,5-6,11-13H2,(H,23,27)(H,24,26). The highest BCUT2D eigenvalue weighted by molar-refractivity contribution is 5.93.